The Kier molecular flexibility index (Phi) is 7.51. The maximum Gasteiger partial charge on any atom is 0.258 e. The standard InChI is InChI=1S/C32H28F2N2O4/c1-20-18-30(36(25-11-8-23(33)9-12-25)32(38)22-6-15-27(40-3)16-7-22)28-19-24(34)10-17-29(28)35(20)31(37)21-4-13-26(39-2)14-5-21/h4-17,19-20,30H,18H2,1-3H3/t20-,30-/m0/s1. The number of benzene rings is 4. The lowest BCUT2D eigenvalue weighted by atomic mass is 9.89. The maximum atomic E-state index is 14.7. The Labute approximate surface area is 231 Å². The van der Waals surface area contributed by atoms with Gasteiger partial charge in [0.2, 0.25) is 0 Å². The van der Waals surface area contributed by atoms with Gasteiger partial charge in [-0.2, -0.15) is 0 Å². The summed E-state index contributed by atoms with van der Waals surface area (Å²) in [6.45, 7) is 1.89. The molecule has 204 valence electrons. The second-order valence-corrected chi connectivity index (χ2v) is 9.59. The van der Waals surface area contributed by atoms with E-state index < -0.39 is 17.7 Å². The number of halogens is 2. The molecule has 0 saturated heterocycles. The first-order valence-electron chi connectivity index (χ1n) is 12.8. The number of amides is 2. The number of anilines is 2. The first-order chi connectivity index (χ1) is 19.3. The largest absolute Gasteiger partial charge is 0.497 e. The van der Waals surface area contributed by atoms with E-state index in [0.717, 1.165) is 0 Å². The molecule has 4 aromatic rings. The van der Waals surface area contributed by atoms with Gasteiger partial charge in [0.1, 0.15) is 23.1 Å². The van der Waals surface area contributed by atoms with Crippen LogP contribution in [0.25, 0.3) is 0 Å². The van der Waals surface area contributed by atoms with Crippen molar-refractivity contribution < 1.29 is 27.8 Å². The lowest BCUT2D eigenvalue weighted by molar-refractivity contribution is 0.0965. The molecule has 0 aliphatic carbocycles. The van der Waals surface area contributed by atoms with Crippen LogP contribution >= 0.6 is 0 Å². The summed E-state index contributed by atoms with van der Waals surface area (Å²) in [5.41, 5.74) is 2.26. The topological polar surface area (TPSA) is 59.1 Å². The molecule has 0 unspecified atom stereocenters. The van der Waals surface area contributed by atoms with Gasteiger partial charge in [-0.1, -0.05) is 0 Å². The molecule has 0 spiro atoms. The third kappa shape index (κ3) is 5.12. The van der Waals surface area contributed by atoms with E-state index >= 15 is 0 Å². The Morgan fingerprint density at radius 3 is 1.90 bits per heavy atom. The minimum atomic E-state index is -0.638. The van der Waals surface area contributed by atoms with Gasteiger partial charge in [0.15, 0.2) is 0 Å². The average molecular weight is 543 g/mol. The van der Waals surface area contributed by atoms with Crippen LogP contribution in [0.2, 0.25) is 0 Å². The summed E-state index contributed by atoms with van der Waals surface area (Å²) in [5, 5.41) is 0. The minimum Gasteiger partial charge on any atom is -0.497 e. The first kappa shape index (κ1) is 26.9. The molecule has 0 N–H and O–H groups in total. The van der Waals surface area contributed by atoms with Crippen molar-refractivity contribution in [3.63, 3.8) is 0 Å². The summed E-state index contributed by atoms with van der Waals surface area (Å²) < 4.78 is 39.1. The molecule has 8 heteroatoms. The smallest absolute Gasteiger partial charge is 0.258 e. The van der Waals surface area contributed by atoms with Crippen molar-refractivity contribution in [3.05, 3.63) is 119 Å². The number of rotatable bonds is 6. The quantitative estimate of drug-likeness (QED) is 0.269. The number of nitrogens with zero attached hydrogens (tertiary/aromatic N) is 2. The highest BCUT2D eigenvalue weighted by Crippen LogP contribution is 2.44. The van der Waals surface area contributed by atoms with Gasteiger partial charge in [-0.05, 0) is 104 Å². The fourth-order valence-corrected chi connectivity index (χ4v) is 5.14. The third-order valence-corrected chi connectivity index (χ3v) is 7.14. The molecule has 2 atom stereocenters. The molecular formula is C32H28F2N2O4. The Morgan fingerprint density at radius 1 is 0.775 bits per heavy atom. The summed E-state index contributed by atoms with van der Waals surface area (Å²) >= 11 is 0. The molecule has 1 aliphatic rings. The molecule has 5 rings (SSSR count). The molecule has 0 fully saturated rings. The molecule has 4 aromatic carbocycles. The van der Waals surface area contributed by atoms with Crippen LogP contribution in [0.1, 0.15) is 45.7 Å². The Balaban J connectivity index is 1.61. The van der Waals surface area contributed by atoms with Crippen LogP contribution in [0.4, 0.5) is 20.2 Å². The second-order valence-electron chi connectivity index (χ2n) is 9.59. The van der Waals surface area contributed by atoms with Gasteiger partial charge in [0, 0.05) is 34.1 Å². The van der Waals surface area contributed by atoms with Crippen LogP contribution in [-0.4, -0.2) is 32.1 Å². The van der Waals surface area contributed by atoms with Crippen LogP contribution in [-0.2, 0) is 0 Å². The van der Waals surface area contributed by atoms with E-state index in [1.165, 1.54) is 43.5 Å². The maximum absolute atomic E-state index is 14.7. The van der Waals surface area contributed by atoms with Crippen LogP contribution in [0.3, 0.4) is 0 Å². The van der Waals surface area contributed by atoms with Gasteiger partial charge in [-0.25, -0.2) is 8.78 Å². The summed E-state index contributed by atoms with van der Waals surface area (Å²) in [7, 11) is 3.09. The van der Waals surface area contributed by atoms with E-state index in [4.69, 9.17) is 9.47 Å². The Hall–Kier alpha value is -4.72. The zero-order chi connectivity index (χ0) is 28.4. The highest BCUT2D eigenvalue weighted by Gasteiger charge is 2.39. The van der Waals surface area contributed by atoms with Crippen LogP contribution in [0.15, 0.2) is 91.0 Å². The van der Waals surface area contributed by atoms with E-state index in [2.05, 4.69) is 0 Å². The Morgan fingerprint density at radius 2 is 1.32 bits per heavy atom. The Bertz CT molecular complexity index is 1520. The molecular weight excluding hydrogens is 514 g/mol. The number of hydrogen-bond donors (Lipinski definition) is 0. The van der Waals surface area contributed by atoms with Gasteiger partial charge in [0.05, 0.1) is 20.3 Å². The number of carbonyl (C=O) groups excluding carboxylic acids is 2. The van der Waals surface area contributed by atoms with Crippen molar-refractivity contribution >= 4 is 23.2 Å². The van der Waals surface area contributed by atoms with Crippen molar-refractivity contribution in [2.75, 3.05) is 24.0 Å². The van der Waals surface area contributed by atoms with Crippen molar-refractivity contribution in [3.8, 4) is 11.5 Å². The minimum absolute atomic E-state index is 0.253. The fraction of sp³-hybridized carbons (Fsp3) is 0.188. The van der Waals surface area contributed by atoms with Gasteiger partial charge in [-0.3, -0.25) is 9.59 Å². The average Bonchev–Trinajstić information content (AvgIpc) is 2.98. The fourth-order valence-electron chi connectivity index (χ4n) is 5.14. The van der Waals surface area contributed by atoms with Crippen molar-refractivity contribution in [1.29, 1.82) is 0 Å². The highest BCUT2D eigenvalue weighted by atomic mass is 19.1. The SMILES string of the molecule is COc1ccc(C(=O)N2c3ccc(F)cc3[C@@H](N(C(=O)c3ccc(OC)cc3)c3ccc(F)cc3)C[C@@H]2C)cc1. The van der Waals surface area contributed by atoms with Gasteiger partial charge >= 0.3 is 0 Å². The van der Waals surface area contributed by atoms with Crippen LogP contribution in [0, 0.1) is 11.6 Å². The predicted molar refractivity (Wildman–Crippen MR) is 149 cm³/mol. The lowest BCUT2D eigenvalue weighted by Crippen LogP contribution is -2.48. The molecule has 1 aliphatic heterocycles. The highest BCUT2D eigenvalue weighted by molar-refractivity contribution is 6.09. The summed E-state index contributed by atoms with van der Waals surface area (Å²) in [4.78, 5) is 30.9. The van der Waals surface area contributed by atoms with Crippen molar-refractivity contribution in [1.82, 2.24) is 0 Å². The number of ether oxygens (including phenoxy) is 2. The molecule has 1 heterocycles. The second kappa shape index (κ2) is 11.2. The molecule has 2 amide bonds. The third-order valence-electron chi connectivity index (χ3n) is 7.14. The van der Waals surface area contributed by atoms with E-state index in [9.17, 15) is 18.4 Å². The first-order valence-corrected chi connectivity index (χ1v) is 12.8. The van der Waals surface area contributed by atoms with E-state index in [0.29, 0.717) is 46.0 Å². The molecule has 6 nitrogen and oxygen atoms in total. The monoisotopic (exact) mass is 542 g/mol. The predicted octanol–water partition coefficient (Wildman–Crippen LogP) is 6.81. The van der Waals surface area contributed by atoms with E-state index in [-0.39, 0.29) is 17.9 Å². The zero-order valence-electron chi connectivity index (χ0n) is 22.3. The molecule has 0 saturated carbocycles. The van der Waals surface area contributed by atoms with E-state index in [1.54, 1.807) is 71.5 Å². The van der Waals surface area contributed by atoms with Crippen LogP contribution < -0.4 is 19.3 Å². The summed E-state index contributed by atoms with van der Waals surface area (Å²) in [6.07, 6.45) is 0.317. The summed E-state index contributed by atoms with van der Waals surface area (Å²) in [6, 6.07) is 22.3. The number of carbonyl (C=O) groups is 2. The molecule has 0 radical (unpaired) electrons. The van der Waals surface area contributed by atoms with Crippen LogP contribution in [0.5, 0.6) is 11.5 Å². The zero-order valence-corrected chi connectivity index (χ0v) is 22.3. The van der Waals surface area contributed by atoms with Gasteiger partial charge in [-0.15, -0.1) is 0 Å². The molecule has 0 bridgehead atoms. The van der Waals surface area contributed by atoms with Crippen molar-refractivity contribution in [2.24, 2.45) is 0 Å². The number of methoxy groups -OCH3 is 2. The van der Waals surface area contributed by atoms with Gasteiger partial charge in [0.25, 0.3) is 11.8 Å². The van der Waals surface area contributed by atoms with Gasteiger partial charge < -0.3 is 19.3 Å². The normalized spacial score (nSPS) is 16.2. The summed E-state index contributed by atoms with van der Waals surface area (Å²) in [5.74, 6) is -0.326. The number of hydrogen-bond acceptors (Lipinski definition) is 4. The lowest BCUT2D eigenvalue weighted by Gasteiger charge is -2.43. The van der Waals surface area contributed by atoms with Crippen molar-refractivity contribution in [2.45, 2.75) is 25.4 Å². The number of fused-ring (bicyclic) bond motifs is 1. The molecule has 40 heavy (non-hydrogen) atoms. The molecule has 0 aromatic heterocycles. The van der Waals surface area contributed by atoms with E-state index in [1.807, 2.05) is 6.92 Å².